The van der Waals surface area contributed by atoms with Gasteiger partial charge in [-0.05, 0) is 67.5 Å². The quantitative estimate of drug-likeness (QED) is 0.115. The van der Waals surface area contributed by atoms with Crippen LogP contribution in [0.15, 0.2) is 102 Å². The smallest absolute Gasteiger partial charge is 0.339 e. The molecule has 2 N–H and O–H groups in total. The number of aryl methyl sites for hydroxylation is 1. The molecule has 17 heteroatoms. The zero-order chi connectivity index (χ0) is 35.7. The number of carbonyl (C=O) groups excluding carboxylic acids is 1. The maximum atomic E-state index is 13.0. The predicted octanol–water partition coefficient (Wildman–Crippen LogP) is 8.29. The molecule has 0 unspecified atom stereocenters. The average Bonchev–Trinajstić information content (AvgIpc) is 3.13. The van der Waals surface area contributed by atoms with E-state index in [2.05, 4.69) is 50.5 Å². The monoisotopic (exact) mass is 734 g/mol. The molecule has 50 heavy (non-hydrogen) atoms. The summed E-state index contributed by atoms with van der Waals surface area (Å²) >= 11 is 8.97. The van der Waals surface area contributed by atoms with Gasteiger partial charge in [0.05, 0.1) is 38.1 Å². The van der Waals surface area contributed by atoms with Crippen LogP contribution >= 0.6 is 35.1 Å². The first-order chi connectivity index (χ1) is 24.0. The summed E-state index contributed by atoms with van der Waals surface area (Å²) in [6.07, 6.45) is 8.38. The Morgan fingerprint density at radius 3 is 2.04 bits per heavy atom. The highest BCUT2D eigenvalue weighted by atomic mass is 35.5. The van der Waals surface area contributed by atoms with Crippen molar-refractivity contribution in [3.05, 3.63) is 114 Å². The molecule has 0 aliphatic carbocycles. The van der Waals surface area contributed by atoms with Crippen molar-refractivity contribution in [2.45, 2.75) is 23.2 Å². The van der Waals surface area contributed by atoms with Crippen LogP contribution in [-0.4, -0.2) is 58.3 Å². The van der Waals surface area contributed by atoms with E-state index in [1.54, 1.807) is 42.4 Å². The molecule has 2 aromatic carbocycles. The fraction of sp³-hybridized carbons (Fsp3) is 0.121. The second kappa shape index (κ2) is 16.5. The number of halogens is 4. The van der Waals surface area contributed by atoms with Crippen LogP contribution in [0.3, 0.4) is 0 Å². The highest BCUT2D eigenvalue weighted by Crippen LogP contribution is 2.32. The first-order valence-electron chi connectivity index (χ1n) is 14.4. The van der Waals surface area contributed by atoms with Gasteiger partial charge < -0.3 is 10.6 Å². The summed E-state index contributed by atoms with van der Waals surface area (Å²) in [6, 6.07) is 13.1. The van der Waals surface area contributed by atoms with Crippen LogP contribution in [0.5, 0.6) is 0 Å². The van der Waals surface area contributed by atoms with Gasteiger partial charge in [0.1, 0.15) is 36.3 Å². The predicted molar refractivity (Wildman–Crippen MR) is 189 cm³/mol. The van der Waals surface area contributed by atoms with Crippen molar-refractivity contribution in [3.8, 4) is 22.5 Å². The molecule has 1 amide bonds. The molecule has 254 valence electrons. The van der Waals surface area contributed by atoms with Crippen molar-refractivity contribution < 1.29 is 18.0 Å². The molecule has 0 bridgehead atoms. The number of rotatable bonds is 8. The maximum Gasteiger partial charge on any atom is 0.416 e. The zero-order valence-corrected chi connectivity index (χ0v) is 28.9. The first kappa shape index (κ1) is 36.1. The average molecular weight is 735 g/mol. The van der Waals surface area contributed by atoms with Crippen LogP contribution in [0.4, 0.5) is 30.4 Å². The summed E-state index contributed by atoms with van der Waals surface area (Å²) in [4.78, 5) is 45.6. The van der Waals surface area contributed by atoms with E-state index < -0.39 is 17.6 Å². The SMILES string of the molecule is CSc1cc(-c2cncnc2Cl)ncn1.CSc1cc(-c2cncnc2Nc2cc(NC(=O)c3cccc(C(F)(F)F)c3)ccc2C)ncn1. The Morgan fingerprint density at radius 1 is 0.760 bits per heavy atom. The minimum absolute atomic E-state index is 0.0960. The number of thioether (sulfide) groups is 2. The molecule has 0 radical (unpaired) electrons. The van der Waals surface area contributed by atoms with Crippen molar-refractivity contribution in [2.24, 2.45) is 0 Å². The summed E-state index contributed by atoms with van der Waals surface area (Å²) in [5.41, 5.74) is 3.68. The normalized spacial score (nSPS) is 10.9. The number of nitrogens with one attached hydrogen (secondary N) is 2. The van der Waals surface area contributed by atoms with Gasteiger partial charge in [-0.1, -0.05) is 23.7 Å². The van der Waals surface area contributed by atoms with Gasteiger partial charge in [-0.2, -0.15) is 13.2 Å². The Balaban J connectivity index is 0.000000269. The molecule has 0 saturated carbocycles. The van der Waals surface area contributed by atoms with E-state index in [9.17, 15) is 18.0 Å². The van der Waals surface area contributed by atoms with Crippen LogP contribution in [0.25, 0.3) is 22.5 Å². The van der Waals surface area contributed by atoms with Gasteiger partial charge in [-0.3, -0.25) is 4.79 Å². The van der Waals surface area contributed by atoms with Gasteiger partial charge in [0.25, 0.3) is 5.91 Å². The van der Waals surface area contributed by atoms with Gasteiger partial charge in [0.2, 0.25) is 0 Å². The van der Waals surface area contributed by atoms with Crippen LogP contribution in [0.1, 0.15) is 21.5 Å². The van der Waals surface area contributed by atoms with E-state index in [0.29, 0.717) is 33.6 Å². The van der Waals surface area contributed by atoms with Crippen LogP contribution in [0.2, 0.25) is 5.15 Å². The van der Waals surface area contributed by atoms with Crippen molar-refractivity contribution in [1.82, 2.24) is 39.9 Å². The van der Waals surface area contributed by atoms with Gasteiger partial charge in [0, 0.05) is 29.3 Å². The van der Waals surface area contributed by atoms with E-state index in [-0.39, 0.29) is 5.56 Å². The third-order valence-electron chi connectivity index (χ3n) is 6.83. The van der Waals surface area contributed by atoms with Gasteiger partial charge in [0.15, 0.2) is 0 Å². The van der Waals surface area contributed by atoms with E-state index >= 15 is 0 Å². The van der Waals surface area contributed by atoms with Gasteiger partial charge in [-0.15, -0.1) is 23.5 Å². The molecule has 4 aromatic heterocycles. The number of aromatic nitrogens is 8. The van der Waals surface area contributed by atoms with Crippen molar-refractivity contribution in [3.63, 3.8) is 0 Å². The Kier molecular flexibility index (Phi) is 11.9. The second-order valence-corrected chi connectivity index (χ2v) is 12.1. The number of benzene rings is 2. The largest absolute Gasteiger partial charge is 0.416 e. The number of hydrogen-bond donors (Lipinski definition) is 2. The molecule has 4 heterocycles. The maximum absolute atomic E-state index is 13.0. The molecule has 6 aromatic rings. The fourth-order valence-electron chi connectivity index (χ4n) is 4.30. The van der Waals surface area contributed by atoms with Crippen LogP contribution < -0.4 is 10.6 Å². The molecule has 0 fully saturated rings. The van der Waals surface area contributed by atoms with Crippen molar-refractivity contribution in [2.75, 3.05) is 23.1 Å². The molecule has 0 aliphatic heterocycles. The lowest BCUT2D eigenvalue weighted by atomic mass is 10.1. The highest BCUT2D eigenvalue weighted by Gasteiger charge is 2.31. The molecule has 0 saturated heterocycles. The standard InChI is InChI=1S/C24H19F3N6OS.C9H7ClN4S/c1-14-6-7-17(32-23(34)15-4-3-5-16(8-15)24(25,26)27)9-19(14)33-22-18(11-28-12-31-22)20-10-21(35-2)30-13-29-20;1-15-8-2-7(12-5-13-8)6-3-11-4-14-9(6)10/h3-13H,1-2H3,(H,32,34)(H,28,31,33);2-5H,1H3. The Morgan fingerprint density at radius 2 is 1.40 bits per heavy atom. The topological polar surface area (TPSA) is 144 Å². The number of hydrogen-bond acceptors (Lipinski definition) is 12. The number of amides is 1. The highest BCUT2D eigenvalue weighted by molar-refractivity contribution is 7.98. The molecular formula is C33H26ClF3N10OS2. The van der Waals surface area contributed by atoms with E-state index in [1.807, 2.05) is 31.6 Å². The first-order valence-corrected chi connectivity index (χ1v) is 17.2. The number of alkyl halides is 3. The summed E-state index contributed by atoms with van der Waals surface area (Å²) in [7, 11) is 0. The van der Waals surface area contributed by atoms with E-state index in [4.69, 9.17) is 11.6 Å². The summed E-state index contributed by atoms with van der Waals surface area (Å²) < 4.78 is 39.0. The Hall–Kier alpha value is -5.19. The third kappa shape index (κ3) is 9.28. The minimum atomic E-state index is -4.53. The van der Waals surface area contributed by atoms with Crippen molar-refractivity contribution in [1.29, 1.82) is 0 Å². The molecule has 0 atom stereocenters. The Labute approximate surface area is 298 Å². The van der Waals surface area contributed by atoms with Crippen LogP contribution in [-0.2, 0) is 6.18 Å². The van der Waals surface area contributed by atoms with Gasteiger partial charge in [-0.25, -0.2) is 39.9 Å². The molecule has 0 aliphatic rings. The minimum Gasteiger partial charge on any atom is -0.339 e. The second-order valence-electron chi connectivity index (χ2n) is 10.1. The number of nitrogens with zero attached hydrogens (tertiary/aromatic N) is 8. The lowest BCUT2D eigenvalue weighted by Gasteiger charge is -2.14. The zero-order valence-electron chi connectivity index (χ0n) is 26.5. The van der Waals surface area contributed by atoms with Gasteiger partial charge >= 0.3 is 6.18 Å². The molecular weight excluding hydrogens is 709 g/mol. The molecule has 11 nitrogen and oxygen atoms in total. The lowest BCUT2D eigenvalue weighted by Crippen LogP contribution is -2.14. The van der Waals surface area contributed by atoms with E-state index in [1.165, 1.54) is 49.2 Å². The summed E-state index contributed by atoms with van der Waals surface area (Å²) in [6.45, 7) is 1.87. The fourth-order valence-corrected chi connectivity index (χ4v) is 5.26. The van der Waals surface area contributed by atoms with E-state index in [0.717, 1.165) is 39.0 Å². The molecule has 0 spiro atoms. The summed E-state index contributed by atoms with van der Waals surface area (Å²) in [5.74, 6) is -0.158. The lowest BCUT2D eigenvalue weighted by molar-refractivity contribution is -0.137. The summed E-state index contributed by atoms with van der Waals surface area (Å²) in [5, 5.41) is 7.97. The number of anilines is 3. The number of carbonyl (C=O) groups is 1. The van der Waals surface area contributed by atoms with Crippen LogP contribution in [0, 0.1) is 6.92 Å². The van der Waals surface area contributed by atoms with Crippen molar-refractivity contribution >= 4 is 58.2 Å². The Bertz CT molecular complexity index is 2120. The third-order valence-corrected chi connectivity index (χ3v) is 8.41. The molecule has 6 rings (SSSR count).